The van der Waals surface area contributed by atoms with Crippen LogP contribution < -0.4 is 16.0 Å². The van der Waals surface area contributed by atoms with Crippen LogP contribution in [0.3, 0.4) is 0 Å². The monoisotopic (exact) mass is 553 g/mol. The number of hydrogen-bond donors (Lipinski definition) is 3. The van der Waals surface area contributed by atoms with Crippen molar-refractivity contribution in [2.24, 2.45) is 17.8 Å². The molecule has 9 nitrogen and oxygen atoms in total. The van der Waals surface area contributed by atoms with E-state index in [1.807, 2.05) is 71.9 Å². The first-order valence-corrected chi connectivity index (χ1v) is 15.5. The molecule has 3 amide bonds. The lowest BCUT2D eigenvalue weighted by Gasteiger charge is -2.27. The van der Waals surface area contributed by atoms with E-state index in [0.29, 0.717) is 25.7 Å². The maximum atomic E-state index is 13.3. The fraction of sp³-hybridized carbons (Fsp3) is 0.679. The summed E-state index contributed by atoms with van der Waals surface area (Å²) in [7, 11) is -3.18. The van der Waals surface area contributed by atoms with Gasteiger partial charge in [-0.25, -0.2) is 13.2 Å². The lowest BCUT2D eigenvalue weighted by molar-refractivity contribution is -0.131. The predicted octanol–water partition coefficient (Wildman–Crippen LogP) is 3.82. The zero-order valence-electron chi connectivity index (χ0n) is 24.0. The van der Waals surface area contributed by atoms with Crippen LogP contribution in [0.25, 0.3) is 0 Å². The van der Waals surface area contributed by atoms with Crippen LogP contribution in [0, 0.1) is 17.8 Å². The summed E-state index contributed by atoms with van der Waals surface area (Å²) in [6.07, 6.45) is 2.15. The van der Waals surface area contributed by atoms with Gasteiger partial charge in [0.1, 0.15) is 28.5 Å². The Morgan fingerprint density at radius 3 is 1.76 bits per heavy atom. The number of ether oxygens (including phenoxy) is 1. The molecule has 1 rings (SSSR count). The van der Waals surface area contributed by atoms with E-state index in [1.165, 1.54) is 6.26 Å². The number of rotatable bonds is 16. The Bertz CT molecular complexity index is 980. The quantitative estimate of drug-likeness (QED) is 0.285. The smallest absolute Gasteiger partial charge is 0.408 e. The summed E-state index contributed by atoms with van der Waals surface area (Å²) in [4.78, 5) is 39.0. The predicted molar refractivity (Wildman–Crippen MR) is 150 cm³/mol. The second-order valence-corrected chi connectivity index (χ2v) is 13.6. The third-order valence-electron chi connectivity index (χ3n) is 5.81. The van der Waals surface area contributed by atoms with Crippen LogP contribution in [0.2, 0.25) is 0 Å². The highest BCUT2D eigenvalue weighted by molar-refractivity contribution is 7.90. The molecule has 3 N–H and O–H groups in total. The summed E-state index contributed by atoms with van der Waals surface area (Å²) < 4.78 is 28.7. The van der Waals surface area contributed by atoms with E-state index < -0.39 is 33.9 Å². The van der Waals surface area contributed by atoms with Crippen LogP contribution in [0.5, 0.6) is 0 Å². The van der Waals surface area contributed by atoms with Gasteiger partial charge >= 0.3 is 6.09 Å². The van der Waals surface area contributed by atoms with Gasteiger partial charge < -0.3 is 20.7 Å². The summed E-state index contributed by atoms with van der Waals surface area (Å²) in [6, 6.07) is 7.20. The van der Waals surface area contributed by atoms with E-state index >= 15 is 0 Å². The van der Waals surface area contributed by atoms with E-state index in [4.69, 9.17) is 4.74 Å². The van der Waals surface area contributed by atoms with Crippen LogP contribution in [-0.4, -0.2) is 56.5 Å². The van der Waals surface area contributed by atoms with Gasteiger partial charge in [0.15, 0.2) is 0 Å². The van der Waals surface area contributed by atoms with Crippen molar-refractivity contribution in [3.05, 3.63) is 35.9 Å². The molecule has 10 heteroatoms. The largest absolute Gasteiger partial charge is 0.445 e. The molecule has 0 radical (unpaired) electrons. The zero-order chi connectivity index (χ0) is 28.9. The standard InChI is InChI=1S/C28H47N3O6S/c1-19(2)15-23(13-14-38(7,35)36)29-26(32)24(16-20(3)4)30-27(33)25(17-21(5)6)31-28(34)37-18-22-11-9-8-10-12-22/h8-12,19-21,23-25H,13-18H2,1-7H3,(H,29,32)(H,30,33)(H,31,34). The van der Waals surface area contributed by atoms with Gasteiger partial charge in [0.2, 0.25) is 11.8 Å². The summed E-state index contributed by atoms with van der Waals surface area (Å²) in [5.74, 6) is -0.396. The molecular weight excluding hydrogens is 506 g/mol. The SMILES string of the molecule is CC(C)CC(CCS(C)(=O)=O)NC(=O)C(CC(C)C)NC(=O)C(CC(C)C)NC(=O)OCc1ccccc1. The number of sulfone groups is 1. The Balaban J connectivity index is 2.92. The van der Waals surface area contributed by atoms with E-state index in [-0.39, 0.29) is 42.1 Å². The molecule has 1 aromatic rings. The van der Waals surface area contributed by atoms with Gasteiger partial charge in [-0.2, -0.15) is 0 Å². The topological polar surface area (TPSA) is 131 Å². The molecule has 0 aromatic heterocycles. The van der Waals surface area contributed by atoms with Crippen molar-refractivity contribution in [3.8, 4) is 0 Å². The van der Waals surface area contributed by atoms with Gasteiger partial charge in [0.25, 0.3) is 0 Å². The minimum absolute atomic E-state index is 0.0304. The van der Waals surface area contributed by atoms with Crippen LogP contribution in [-0.2, 0) is 30.8 Å². The van der Waals surface area contributed by atoms with Crippen molar-refractivity contribution < 1.29 is 27.5 Å². The molecule has 1 aromatic carbocycles. The number of alkyl carbamates (subject to hydrolysis) is 1. The van der Waals surface area contributed by atoms with Crippen LogP contribution in [0.15, 0.2) is 30.3 Å². The Morgan fingerprint density at radius 2 is 1.26 bits per heavy atom. The van der Waals surface area contributed by atoms with Crippen LogP contribution in [0.4, 0.5) is 4.79 Å². The van der Waals surface area contributed by atoms with E-state index in [1.54, 1.807) is 0 Å². The first-order chi connectivity index (χ1) is 17.7. The van der Waals surface area contributed by atoms with Gasteiger partial charge in [0, 0.05) is 12.3 Å². The van der Waals surface area contributed by atoms with Gasteiger partial charge in [-0.15, -0.1) is 0 Å². The molecule has 0 heterocycles. The fourth-order valence-corrected chi connectivity index (χ4v) is 4.77. The zero-order valence-corrected chi connectivity index (χ0v) is 24.8. The maximum absolute atomic E-state index is 13.3. The molecule has 3 atom stereocenters. The highest BCUT2D eigenvalue weighted by atomic mass is 32.2. The van der Waals surface area contributed by atoms with Crippen molar-refractivity contribution >= 4 is 27.7 Å². The second-order valence-electron chi connectivity index (χ2n) is 11.3. The third kappa shape index (κ3) is 15.0. The van der Waals surface area contributed by atoms with Gasteiger partial charge in [0.05, 0.1) is 5.75 Å². The molecule has 0 aliphatic carbocycles. The molecule has 38 heavy (non-hydrogen) atoms. The third-order valence-corrected chi connectivity index (χ3v) is 6.79. The van der Waals surface area contributed by atoms with Crippen molar-refractivity contribution in [1.82, 2.24) is 16.0 Å². The number of hydrogen-bond acceptors (Lipinski definition) is 6. The second kappa shape index (κ2) is 16.4. The Hall–Kier alpha value is -2.62. The van der Waals surface area contributed by atoms with Crippen molar-refractivity contribution in [3.63, 3.8) is 0 Å². The summed E-state index contributed by atoms with van der Waals surface area (Å²) >= 11 is 0. The van der Waals surface area contributed by atoms with Gasteiger partial charge in [-0.05, 0) is 49.0 Å². The molecule has 0 fully saturated rings. The van der Waals surface area contributed by atoms with E-state index in [9.17, 15) is 22.8 Å². The lowest BCUT2D eigenvalue weighted by atomic mass is 9.98. The first-order valence-electron chi connectivity index (χ1n) is 13.4. The molecule has 0 aliphatic rings. The van der Waals surface area contributed by atoms with Crippen molar-refractivity contribution in [2.45, 2.75) is 92.0 Å². The van der Waals surface area contributed by atoms with Crippen molar-refractivity contribution in [2.75, 3.05) is 12.0 Å². The van der Waals surface area contributed by atoms with Gasteiger partial charge in [-0.1, -0.05) is 71.9 Å². The Morgan fingerprint density at radius 1 is 0.763 bits per heavy atom. The highest BCUT2D eigenvalue weighted by Crippen LogP contribution is 2.13. The summed E-state index contributed by atoms with van der Waals surface area (Å²) in [5.41, 5.74) is 0.827. The number of carbonyl (C=O) groups excluding carboxylic acids is 3. The molecule has 0 spiro atoms. The molecule has 3 unspecified atom stereocenters. The number of benzene rings is 1. The average molecular weight is 554 g/mol. The van der Waals surface area contributed by atoms with Crippen LogP contribution >= 0.6 is 0 Å². The summed E-state index contributed by atoms with van der Waals surface area (Å²) in [6.45, 7) is 11.9. The highest BCUT2D eigenvalue weighted by Gasteiger charge is 2.29. The summed E-state index contributed by atoms with van der Waals surface area (Å²) in [5, 5.41) is 8.43. The van der Waals surface area contributed by atoms with Crippen LogP contribution in [0.1, 0.15) is 72.8 Å². The van der Waals surface area contributed by atoms with Gasteiger partial charge in [-0.3, -0.25) is 9.59 Å². The number of amides is 3. The minimum Gasteiger partial charge on any atom is -0.445 e. The Labute approximate surface area is 228 Å². The van der Waals surface area contributed by atoms with E-state index in [0.717, 1.165) is 5.56 Å². The molecule has 0 saturated heterocycles. The maximum Gasteiger partial charge on any atom is 0.408 e. The van der Waals surface area contributed by atoms with Crippen molar-refractivity contribution in [1.29, 1.82) is 0 Å². The number of carbonyl (C=O) groups is 3. The molecule has 0 saturated carbocycles. The molecular formula is C28H47N3O6S. The first kappa shape index (κ1) is 33.4. The van der Waals surface area contributed by atoms with E-state index in [2.05, 4.69) is 16.0 Å². The molecule has 0 bridgehead atoms. The fourth-order valence-electron chi connectivity index (χ4n) is 4.06. The normalized spacial score (nSPS) is 14.2. The number of nitrogens with one attached hydrogen (secondary N) is 3. The average Bonchev–Trinajstić information content (AvgIpc) is 2.79. The molecule has 216 valence electrons. The Kier molecular flexibility index (Phi) is 14.4. The lowest BCUT2D eigenvalue weighted by Crippen LogP contribution is -2.55. The molecule has 0 aliphatic heterocycles. The minimum atomic E-state index is -3.18.